The third-order valence-corrected chi connectivity index (χ3v) is 4.16. The largest absolute Gasteiger partial charge is 0.397 e. The van der Waals surface area contributed by atoms with E-state index in [1.165, 1.54) is 11.3 Å². The average molecular weight is 296 g/mol. The van der Waals surface area contributed by atoms with E-state index in [9.17, 15) is 0 Å². The van der Waals surface area contributed by atoms with Crippen LogP contribution in [0.3, 0.4) is 0 Å². The van der Waals surface area contributed by atoms with E-state index in [-0.39, 0.29) is 0 Å². The maximum atomic E-state index is 6.17. The number of nitrogen functional groups attached to an aromatic ring is 1. The first-order valence-corrected chi connectivity index (χ1v) is 6.69. The molecule has 2 N–H and O–H groups in total. The molecular weight excluding hydrogens is 289 g/mol. The molecule has 0 aliphatic heterocycles. The molecule has 2 aromatic heterocycles. The van der Waals surface area contributed by atoms with Crippen molar-refractivity contribution in [3.63, 3.8) is 0 Å². The first-order chi connectivity index (χ1) is 8.66. The molecule has 0 aliphatic carbocycles. The normalized spacial score (nSPS) is 11.0. The number of halogens is 2. The van der Waals surface area contributed by atoms with E-state index in [1.807, 2.05) is 12.1 Å². The molecule has 0 saturated carbocycles. The summed E-state index contributed by atoms with van der Waals surface area (Å²) in [4.78, 5) is 9.58. The van der Waals surface area contributed by atoms with Gasteiger partial charge in [0.05, 0.1) is 21.3 Å². The SMILES string of the molecule is Nc1c(Cl)ccc(Cl)c1-c1nc2cccnc2s1. The Morgan fingerprint density at radius 1 is 1.11 bits per heavy atom. The van der Waals surface area contributed by atoms with E-state index in [1.54, 1.807) is 18.3 Å². The first-order valence-electron chi connectivity index (χ1n) is 5.12. The van der Waals surface area contributed by atoms with Crippen LogP contribution in [0.4, 0.5) is 5.69 Å². The molecule has 3 aromatic rings. The van der Waals surface area contributed by atoms with Crippen LogP contribution in [0.5, 0.6) is 0 Å². The summed E-state index contributed by atoms with van der Waals surface area (Å²) in [6, 6.07) is 7.13. The molecule has 0 spiro atoms. The highest BCUT2D eigenvalue weighted by Gasteiger charge is 2.15. The highest BCUT2D eigenvalue weighted by atomic mass is 35.5. The van der Waals surface area contributed by atoms with Crippen molar-refractivity contribution in [1.82, 2.24) is 9.97 Å². The smallest absolute Gasteiger partial charge is 0.143 e. The van der Waals surface area contributed by atoms with Crippen molar-refractivity contribution in [1.29, 1.82) is 0 Å². The lowest BCUT2D eigenvalue weighted by molar-refractivity contribution is 1.41. The molecule has 90 valence electrons. The summed E-state index contributed by atoms with van der Waals surface area (Å²) in [6.45, 7) is 0. The lowest BCUT2D eigenvalue weighted by Crippen LogP contribution is -1.91. The quantitative estimate of drug-likeness (QED) is 0.683. The number of thiazole rings is 1. The third kappa shape index (κ3) is 1.82. The number of pyridine rings is 1. The Labute approximate surface area is 117 Å². The molecule has 0 bridgehead atoms. The van der Waals surface area contributed by atoms with Crippen molar-refractivity contribution in [3.8, 4) is 10.6 Å². The minimum absolute atomic E-state index is 0.447. The van der Waals surface area contributed by atoms with E-state index in [0.29, 0.717) is 21.3 Å². The monoisotopic (exact) mass is 295 g/mol. The number of rotatable bonds is 1. The third-order valence-electron chi connectivity index (χ3n) is 2.52. The fourth-order valence-corrected chi connectivity index (χ4v) is 3.11. The number of anilines is 1. The van der Waals surface area contributed by atoms with Gasteiger partial charge in [0, 0.05) is 6.20 Å². The van der Waals surface area contributed by atoms with Crippen LogP contribution in [0.1, 0.15) is 0 Å². The van der Waals surface area contributed by atoms with Crippen molar-refractivity contribution < 1.29 is 0 Å². The molecule has 0 saturated heterocycles. The van der Waals surface area contributed by atoms with Crippen LogP contribution in [0.25, 0.3) is 20.9 Å². The van der Waals surface area contributed by atoms with Crippen LogP contribution in [-0.4, -0.2) is 9.97 Å². The lowest BCUT2D eigenvalue weighted by atomic mass is 10.2. The minimum Gasteiger partial charge on any atom is -0.397 e. The molecule has 0 fully saturated rings. The predicted octanol–water partition coefficient (Wildman–Crippen LogP) is 4.25. The Morgan fingerprint density at radius 3 is 2.67 bits per heavy atom. The Balaban J connectivity index is 2.29. The highest BCUT2D eigenvalue weighted by molar-refractivity contribution is 7.21. The van der Waals surface area contributed by atoms with Crippen LogP contribution in [0, 0.1) is 0 Å². The van der Waals surface area contributed by atoms with E-state index in [4.69, 9.17) is 28.9 Å². The minimum atomic E-state index is 0.447. The van der Waals surface area contributed by atoms with Crippen LogP contribution < -0.4 is 5.73 Å². The molecule has 2 heterocycles. The van der Waals surface area contributed by atoms with Crippen LogP contribution in [0.2, 0.25) is 10.0 Å². The molecule has 6 heteroatoms. The second-order valence-electron chi connectivity index (χ2n) is 3.66. The van der Waals surface area contributed by atoms with Crippen molar-refractivity contribution in [2.75, 3.05) is 5.73 Å². The maximum Gasteiger partial charge on any atom is 0.143 e. The maximum absolute atomic E-state index is 6.17. The van der Waals surface area contributed by atoms with Gasteiger partial charge in [-0.1, -0.05) is 34.5 Å². The Kier molecular flexibility index (Phi) is 2.86. The summed E-state index contributed by atoms with van der Waals surface area (Å²) in [5.41, 5.74) is 7.91. The fourth-order valence-electron chi connectivity index (χ4n) is 1.66. The molecule has 3 rings (SSSR count). The van der Waals surface area contributed by atoms with Gasteiger partial charge in [0.25, 0.3) is 0 Å². The Bertz CT molecular complexity index is 706. The summed E-state index contributed by atoms with van der Waals surface area (Å²) in [5, 5.41) is 1.74. The van der Waals surface area contributed by atoms with Gasteiger partial charge < -0.3 is 5.73 Å². The van der Waals surface area contributed by atoms with Gasteiger partial charge in [-0.15, -0.1) is 0 Å². The standard InChI is InChI=1S/C12H7Cl2N3S/c13-6-3-4-7(14)10(15)9(6)12-17-8-2-1-5-16-11(8)18-12/h1-5H,15H2. The van der Waals surface area contributed by atoms with E-state index >= 15 is 0 Å². The number of fused-ring (bicyclic) bond motifs is 1. The summed E-state index contributed by atoms with van der Waals surface area (Å²) >= 11 is 13.6. The number of nitrogens with two attached hydrogens (primary N) is 1. The average Bonchev–Trinajstić information content (AvgIpc) is 2.77. The van der Waals surface area contributed by atoms with Crippen LogP contribution >= 0.6 is 34.5 Å². The number of benzene rings is 1. The molecular formula is C12H7Cl2N3S. The van der Waals surface area contributed by atoms with Gasteiger partial charge in [-0.3, -0.25) is 0 Å². The van der Waals surface area contributed by atoms with E-state index < -0.39 is 0 Å². The number of aromatic nitrogens is 2. The van der Waals surface area contributed by atoms with Crippen molar-refractivity contribution in [2.24, 2.45) is 0 Å². The van der Waals surface area contributed by atoms with Gasteiger partial charge in [-0.25, -0.2) is 9.97 Å². The Morgan fingerprint density at radius 2 is 1.89 bits per heavy atom. The molecule has 0 atom stereocenters. The zero-order valence-electron chi connectivity index (χ0n) is 9.02. The Hall–Kier alpha value is -1.36. The van der Waals surface area contributed by atoms with Crippen LogP contribution in [0.15, 0.2) is 30.5 Å². The van der Waals surface area contributed by atoms with Crippen molar-refractivity contribution >= 4 is 50.6 Å². The lowest BCUT2D eigenvalue weighted by Gasteiger charge is -2.06. The van der Waals surface area contributed by atoms with Gasteiger partial charge in [-0.2, -0.15) is 0 Å². The van der Waals surface area contributed by atoms with Gasteiger partial charge in [0.2, 0.25) is 0 Å². The molecule has 0 unspecified atom stereocenters. The molecule has 1 aromatic carbocycles. The number of hydrogen-bond acceptors (Lipinski definition) is 4. The van der Waals surface area contributed by atoms with Crippen molar-refractivity contribution in [3.05, 3.63) is 40.5 Å². The zero-order chi connectivity index (χ0) is 12.7. The molecule has 0 amide bonds. The van der Waals surface area contributed by atoms with Gasteiger partial charge in [-0.05, 0) is 24.3 Å². The summed E-state index contributed by atoms with van der Waals surface area (Å²) in [6.07, 6.45) is 1.73. The van der Waals surface area contributed by atoms with Crippen LogP contribution in [-0.2, 0) is 0 Å². The fraction of sp³-hybridized carbons (Fsp3) is 0. The molecule has 18 heavy (non-hydrogen) atoms. The summed E-state index contributed by atoms with van der Waals surface area (Å²) in [7, 11) is 0. The first kappa shape index (κ1) is 11.7. The second kappa shape index (κ2) is 4.39. The highest BCUT2D eigenvalue weighted by Crippen LogP contribution is 2.40. The van der Waals surface area contributed by atoms with Gasteiger partial charge >= 0.3 is 0 Å². The zero-order valence-corrected chi connectivity index (χ0v) is 11.4. The van der Waals surface area contributed by atoms with Gasteiger partial charge in [0.1, 0.15) is 15.4 Å². The number of nitrogens with zero attached hydrogens (tertiary/aromatic N) is 2. The van der Waals surface area contributed by atoms with Gasteiger partial charge in [0.15, 0.2) is 0 Å². The molecule has 3 nitrogen and oxygen atoms in total. The van der Waals surface area contributed by atoms with Crippen molar-refractivity contribution in [2.45, 2.75) is 0 Å². The van der Waals surface area contributed by atoms with E-state index in [0.717, 1.165) is 15.4 Å². The van der Waals surface area contributed by atoms with E-state index in [2.05, 4.69) is 9.97 Å². The molecule has 0 aliphatic rings. The number of hydrogen-bond donors (Lipinski definition) is 1. The summed E-state index contributed by atoms with van der Waals surface area (Å²) in [5.74, 6) is 0. The summed E-state index contributed by atoms with van der Waals surface area (Å²) < 4.78 is 0. The topological polar surface area (TPSA) is 51.8 Å². The second-order valence-corrected chi connectivity index (χ2v) is 5.46. The predicted molar refractivity (Wildman–Crippen MR) is 77.3 cm³/mol. The molecule has 0 radical (unpaired) electrons.